The Hall–Kier alpha value is -1.26. The third-order valence-electron chi connectivity index (χ3n) is 4.55. The van der Waals surface area contributed by atoms with Crippen molar-refractivity contribution in [2.75, 3.05) is 19.6 Å². The Labute approximate surface area is 128 Å². The zero-order valence-corrected chi connectivity index (χ0v) is 13.6. The molecule has 5 nitrogen and oxygen atoms in total. The highest BCUT2D eigenvalue weighted by atomic mass is 16.4. The van der Waals surface area contributed by atoms with Gasteiger partial charge in [0, 0.05) is 19.6 Å². The predicted octanol–water partition coefficient (Wildman–Crippen LogP) is 2.96. The zero-order valence-electron chi connectivity index (χ0n) is 13.6. The van der Waals surface area contributed by atoms with Gasteiger partial charge < -0.3 is 15.3 Å². The first-order chi connectivity index (χ1) is 9.93. The second kappa shape index (κ2) is 8.90. The topological polar surface area (TPSA) is 69.6 Å². The number of carboxylic acids is 1. The Morgan fingerprint density at radius 1 is 1.29 bits per heavy atom. The van der Waals surface area contributed by atoms with Crippen LogP contribution < -0.4 is 5.32 Å². The first-order valence-electron chi connectivity index (χ1n) is 8.19. The summed E-state index contributed by atoms with van der Waals surface area (Å²) < 4.78 is 0. The number of aliphatic carboxylic acids is 1. The van der Waals surface area contributed by atoms with E-state index in [4.69, 9.17) is 5.11 Å². The summed E-state index contributed by atoms with van der Waals surface area (Å²) in [5.41, 5.74) is 0. The second-order valence-corrected chi connectivity index (χ2v) is 6.42. The van der Waals surface area contributed by atoms with Crippen LogP contribution in [0.1, 0.15) is 52.9 Å². The number of carboxylic acid groups (broad SMARTS) is 1. The van der Waals surface area contributed by atoms with Crippen LogP contribution in [0.25, 0.3) is 0 Å². The molecule has 0 aromatic carbocycles. The van der Waals surface area contributed by atoms with E-state index in [1.807, 2.05) is 6.92 Å². The largest absolute Gasteiger partial charge is 0.481 e. The Morgan fingerprint density at radius 3 is 2.43 bits per heavy atom. The van der Waals surface area contributed by atoms with Crippen LogP contribution in [0.4, 0.5) is 4.79 Å². The number of urea groups is 1. The molecule has 0 saturated heterocycles. The average Bonchev–Trinajstić information content (AvgIpc) is 2.46. The lowest BCUT2D eigenvalue weighted by molar-refractivity contribution is -0.141. The zero-order chi connectivity index (χ0) is 15.8. The van der Waals surface area contributed by atoms with E-state index in [9.17, 15) is 9.59 Å². The molecule has 1 rings (SSSR count). The molecule has 1 fully saturated rings. The van der Waals surface area contributed by atoms with Crippen molar-refractivity contribution in [2.24, 2.45) is 17.8 Å². The lowest BCUT2D eigenvalue weighted by Crippen LogP contribution is -2.43. The minimum Gasteiger partial charge on any atom is -0.481 e. The highest BCUT2D eigenvalue weighted by Crippen LogP contribution is 2.29. The molecule has 1 saturated carbocycles. The van der Waals surface area contributed by atoms with Crippen LogP contribution >= 0.6 is 0 Å². The number of rotatable bonds is 7. The molecule has 5 heteroatoms. The first-order valence-corrected chi connectivity index (χ1v) is 8.19. The van der Waals surface area contributed by atoms with E-state index in [0.717, 1.165) is 18.3 Å². The summed E-state index contributed by atoms with van der Waals surface area (Å²) >= 11 is 0. The van der Waals surface area contributed by atoms with Gasteiger partial charge in [0.05, 0.1) is 5.92 Å². The number of nitrogens with one attached hydrogen (secondary N) is 1. The highest BCUT2D eigenvalue weighted by molar-refractivity contribution is 5.75. The maximum Gasteiger partial charge on any atom is 0.317 e. The van der Waals surface area contributed by atoms with E-state index < -0.39 is 11.9 Å². The SMILES string of the molecule is CCN(CC(C)C(=O)O)C(=O)NCCC1CCC(C)CC1. The lowest BCUT2D eigenvalue weighted by atomic mass is 9.81. The van der Waals surface area contributed by atoms with Gasteiger partial charge in [-0.15, -0.1) is 0 Å². The molecular weight excluding hydrogens is 268 g/mol. The van der Waals surface area contributed by atoms with E-state index >= 15 is 0 Å². The fourth-order valence-electron chi connectivity index (χ4n) is 2.88. The molecule has 122 valence electrons. The van der Waals surface area contributed by atoms with Crippen molar-refractivity contribution in [1.29, 1.82) is 0 Å². The van der Waals surface area contributed by atoms with Crippen LogP contribution in [-0.4, -0.2) is 41.6 Å². The number of carbonyl (C=O) groups is 2. The number of hydrogen-bond acceptors (Lipinski definition) is 2. The minimum atomic E-state index is -0.863. The number of nitrogens with zero attached hydrogens (tertiary/aromatic N) is 1. The van der Waals surface area contributed by atoms with Gasteiger partial charge in [0.15, 0.2) is 0 Å². The number of hydrogen-bond donors (Lipinski definition) is 2. The van der Waals surface area contributed by atoms with E-state index in [-0.39, 0.29) is 12.6 Å². The van der Waals surface area contributed by atoms with Crippen LogP contribution in [0.15, 0.2) is 0 Å². The Balaban J connectivity index is 2.26. The molecule has 0 radical (unpaired) electrons. The van der Waals surface area contributed by atoms with Gasteiger partial charge in [-0.2, -0.15) is 0 Å². The Morgan fingerprint density at radius 2 is 1.90 bits per heavy atom. The molecule has 0 bridgehead atoms. The van der Waals surface area contributed by atoms with E-state index in [0.29, 0.717) is 13.1 Å². The van der Waals surface area contributed by atoms with Crippen molar-refractivity contribution in [3.8, 4) is 0 Å². The molecular formula is C16H30N2O3. The summed E-state index contributed by atoms with van der Waals surface area (Å²) in [6, 6.07) is -0.144. The van der Waals surface area contributed by atoms with E-state index in [1.54, 1.807) is 11.8 Å². The van der Waals surface area contributed by atoms with Gasteiger partial charge in [-0.3, -0.25) is 4.79 Å². The van der Waals surface area contributed by atoms with Gasteiger partial charge in [0.25, 0.3) is 0 Å². The Bertz CT molecular complexity index is 338. The van der Waals surface area contributed by atoms with E-state index in [2.05, 4.69) is 12.2 Å². The molecule has 0 aliphatic heterocycles. The normalized spacial score (nSPS) is 23.4. The molecule has 2 amide bonds. The molecule has 0 spiro atoms. The van der Waals surface area contributed by atoms with Gasteiger partial charge in [0.2, 0.25) is 0 Å². The quantitative estimate of drug-likeness (QED) is 0.759. The standard InChI is InChI=1S/C16H30N2O3/c1-4-18(11-13(3)15(19)20)16(21)17-10-9-14-7-5-12(2)6-8-14/h12-14H,4-11H2,1-3H3,(H,17,21)(H,19,20). The predicted molar refractivity (Wildman–Crippen MR) is 83.2 cm³/mol. The monoisotopic (exact) mass is 298 g/mol. The Kier molecular flexibility index (Phi) is 7.54. The van der Waals surface area contributed by atoms with Crippen LogP contribution in [-0.2, 0) is 4.79 Å². The van der Waals surface area contributed by atoms with Gasteiger partial charge >= 0.3 is 12.0 Å². The average molecular weight is 298 g/mol. The van der Waals surface area contributed by atoms with E-state index in [1.165, 1.54) is 25.7 Å². The van der Waals surface area contributed by atoms with Crippen LogP contribution in [0.5, 0.6) is 0 Å². The second-order valence-electron chi connectivity index (χ2n) is 6.42. The highest BCUT2D eigenvalue weighted by Gasteiger charge is 2.20. The third kappa shape index (κ3) is 6.36. The summed E-state index contributed by atoms with van der Waals surface area (Å²) in [5.74, 6) is 0.187. The minimum absolute atomic E-state index is 0.144. The van der Waals surface area contributed by atoms with Crippen molar-refractivity contribution >= 4 is 12.0 Å². The molecule has 2 N–H and O–H groups in total. The molecule has 1 unspecified atom stereocenters. The molecule has 21 heavy (non-hydrogen) atoms. The summed E-state index contributed by atoms with van der Waals surface area (Å²) in [5, 5.41) is 11.8. The molecule has 1 atom stereocenters. The lowest BCUT2D eigenvalue weighted by Gasteiger charge is -2.27. The van der Waals surface area contributed by atoms with Crippen LogP contribution in [0.3, 0.4) is 0 Å². The summed E-state index contributed by atoms with van der Waals surface area (Å²) in [4.78, 5) is 24.5. The summed E-state index contributed by atoms with van der Waals surface area (Å²) in [6.07, 6.45) is 6.17. The maximum absolute atomic E-state index is 12.0. The van der Waals surface area contributed by atoms with Crippen LogP contribution in [0, 0.1) is 17.8 Å². The molecule has 1 aliphatic rings. The molecule has 0 heterocycles. The fourth-order valence-corrected chi connectivity index (χ4v) is 2.88. The van der Waals surface area contributed by atoms with Crippen LogP contribution in [0.2, 0.25) is 0 Å². The number of carbonyl (C=O) groups excluding carboxylic acids is 1. The van der Waals surface area contributed by atoms with Crippen molar-refractivity contribution < 1.29 is 14.7 Å². The van der Waals surface area contributed by atoms with Crippen molar-refractivity contribution in [3.63, 3.8) is 0 Å². The smallest absolute Gasteiger partial charge is 0.317 e. The fraction of sp³-hybridized carbons (Fsp3) is 0.875. The summed E-state index contributed by atoms with van der Waals surface area (Å²) in [7, 11) is 0. The van der Waals surface area contributed by atoms with Gasteiger partial charge in [-0.25, -0.2) is 4.79 Å². The van der Waals surface area contributed by atoms with Crippen molar-refractivity contribution in [1.82, 2.24) is 10.2 Å². The van der Waals surface area contributed by atoms with Gasteiger partial charge in [0.1, 0.15) is 0 Å². The third-order valence-corrected chi connectivity index (χ3v) is 4.55. The van der Waals surface area contributed by atoms with Gasteiger partial charge in [-0.05, 0) is 25.2 Å². The maximum atomic E-state index is 12.0. The molecule has 0 aromatic rings. The molecule has 0 aromatic heterocycles. The van der Waals surface area contributed by atoms with Gasteiger partial charge in [-0.1, -0.05) is 39.5 Å². The summed E-state index contributed by atoms with van der Waals surface area (Å²) in [6.45, 7) is 7.29. The van der Waals surface area contributed by atoms with Crippen molar-refractivity contribution in [2.45, 2.75) is 52.9 Å². The molecule has 1 aliphatic carbocycles. The first kappa shape index (κ1) is 17.8. The van der Waals surface area contributed by atoms with Crippen molar-refractivity contribution in [3.05, 3.63) is 0 Å². The number of amides is 2.